The van der Waals surface area contributed by atoms with Gasteiger partial charge in [-0.25, -0.2) is 0 Å². The molecule has 0 atom stereocenters. The third-order valence-electron chi connectivity index (χ3n) is 5.88. The Labute approximate surface area is 214 Å². The van der Waals surface area contributed by atoms with Crippen molar-refractivity contribution in [2.45, 2.75) is 13.5 Å². The molecule has 1 heterocycles. The topological polar surface area (TPSA) is 55.8 Å². The molecule has 0 radical (unpaired) electrons. The first-order valence-corrected chi connectivity index (χ1v) is 12.5. The minimum absolute atomic E-state index is 0.185. The Morgan fingerprint density at radius 3 is 2.50 bits per heavy atom. The van der Waals surface area contributed by atoms with Gasteiger partial charge in [0.1, 0.15) is 24.7 Å². The molecule has 2 amide bonds. The summed E-state index contributed by atoms with van der Waals surface area (Å²) in [5, 5.41) is 1.78. The number of imide groups is 1. The number of fused-ring (bicyclic) bond motifs is 1. The quantitative estimate of drug-likeness (QED) is 0.251. The SMILES string of the molecule is Cc1ccc(COc2cccc(/C=C3\SC(=O)N(CCOc4cccc5ccccc45)C3=O)c2)cc1. The van der Waals surface area contributed by atoms with Crippen LogP contribution in [0.1, 0.15) is 16.7 Å². The largest absolute Gasteiger partial charge is 0.491 e. The van der Waals surface area contributed by atoms with Crippen LogP contribution in [0.25, 0.3) is 16.8 Å². The zero-order valence-corrected chi connectivity index (χ0v) is 20.7. The average molecular weight is 496 g/mol. The standard InChI is InChI=1S/C30H25NO4S/c1-21-12-14-22(15-13-21)20-35-25-9-4-6-23(18-25)19-28-29(32)31(30(33)36-28)16-17-34-27-11-5-8-24-7-2-3-10-26(24)27/h2-15,18-19H,16-17,20H2,1H3/b28-19-. The van der Waals surface area contributed by atoms with E-state index in [0.29, 0.717) is 17.3 Å². The van der Waals surface area contributed by atoms with Gasteiger partial charge in [0.2, 0.25) is 0 Å². The summed E-state index contributed by atoms with van der Waals surface area (Å²) in [6, 6.07) is 29.5. The van der Waals surface area contributed by atoms with Crippen LogP contribution in [0, 0.1) is 6.92 Å². The van der Waals surface area contributed by atoms with Crippen LogP contribution in [-0.2, 0) is 11.4 Å². The third kappa shape index (κ3) is 5.44. The predicted octanol–water partition coefficient (Wildman–Crippen LogP) is 6.84. The van der Waals surface area contributed by atoms with Crippen molar-refractivity contribution in [2.75, 3.05) is 13.2 Å². The number of hydrogen-bond donors (Lipinski definition) is 0. The van der Waals surface area contributed by atoms with E-state index in [4.69, 9.17) is 9.47 Å². The third-order valence-corrected chi connectivity index (χ3v) is 6.79. The normalized spacial score (nSPS) is 14.6. The van der Waals surface area contributed by atoms with Crippen LogP contribution in [0.3, 0.4) is 0 Å². The average Bonchev–Trinajstić information content (AvgIpc) is 3.16. The molecule has 0 aliphatic carbocycles. The molecule has 5 rings (SSSR count). The maximum absolute atomic E-state index is 12.9. The molecule has 1 fully saturated rings. The van der Waals surface area contributed by atoms with Gasteiger partial charge in [0.25, 0.3) is 11.1 Å². The first-order chi connectivity index (χ1) is 17.6. The van der Waals surface area contributed by atoms with Crippen molar-refractivity contribution in [3.8, 4) is 11.5 Å². The van der Waals surface area contributed by atoms with Crippen molar-refractivity contribution in [2.24, 2.45) is 0 Å². The lowest BCUT2D eigenvalue weighted by molar-refractivity contribution is -0.123. The van der Waals surface area contributed by atoms with Gasteiger partial charge in [-0.2, -0.15) is 0 Å². The summed E-state index contributed by atoms with van der Waals surface area (Å²) in [5.41, 5.74) is 3.08. The molecule has 6 heteroatoms. The van der Waals surface area contributed by atoms with Crippen LogP contribution in [0.4, 0.5) is 4.79 Å². The molecular weight excluding hydrogens is 470 g/mol. The Hall–Kier alpha value is -4.03. The van der Waals surface area contributed by atoms with Gasteiger partial charge in [-0.1, -0.05) is 78.4 Å². The van der Waals surface area contributed by atoms with E-state index < -0.39 is 0 Å². The Morgan fingerprint density at radius 1 is 0.861 bits per heavy atom. The highest BCUT2D eigenvalue weighted by molar-refractivity contribution is 8.18. The van der Waals surface area contributed by atoms with Gasteiger partial charge in [-0.15, -0.1) is 0 Å². The molecule has 4 aromatic carbocycles. The van der Waals surface area contributed by atoms with Crippen LogP contribution >= 0.6 is 11.8 Å². The smallest absolute Gasteiger partial charge is 0.293 e. The summed E-state index contributed by atoms with van der Waals surface area (Å²) >= 11 is 0.945. The highest BCUT2D eigenvalue weighted by Crippen LogP contribution is 2.33. The van der Waals surface area contributed by atoms with Crippen molar-refractivity contribution >= 4 is 39.8 Å². The van der Waals surface area contributed by atoms with E-state index in [1.165, 1.54) is 10.5 Å². The monoisotopic (exact) mass is 495 g/mol. The van der Waals surface area contributed by atoms with E-state index in [1.807, 2.05) is 85.8 Å². The van der Waals surface area contributed by atoms with Crippen LogP contribution in [0.15, 0.2) is 95.9 Å². The number of thioether (sulfide) groups is 1. The molecular formula is C30H25NO4S. The van der Waals surface area contributed by atoms with Crippen molar-refractivity contribution in [1.29, 1.82) is 0 Å². The first-order valence-electron chi connectivity index (χ1n) is 11.7. The highest BCUT2D eigenvalue weighted by Gasteiger charge is 2.34. The van der Waals surface area contributed by atoms with Crippen LogP contribution in [0.5, 0.6) is 11.5 Å². The van der Waals surface area contributed by atoms with Gasteiger partial charge in [-0.05, 0) is 59.5 Å². The van der Waals surface area contributed by atoms with Crippen LogP contribution in [-0.4, -0.2) is 29.2 Å². The lowest BCUT2D eigenvalue weighted by Crippen LogP contribution is -2.32. The Morgan fingerprint density at radius 2 is 1.64 bits per heavy atom. The summed E-state index contributed by atoms with van der Waals surface area (Å²) in [7, 11) is 0. The first kappa shape index (κ1) is 23.7. The number of aryl methyl sites for hydroxylation is 1. The molecule has 0 N–H and O–H groups in total. The molecule has 1 aliphatic heterocycles. The molecule has 0 unspecified atom stereocenters. The van der Waals surface area contributed by atoms with Gasteiger partial charge in [0, 0.05) is 5.39 Å². The van der Waals surface area contributed by atoms with E-state index in [0.717, 1.165) is 39.4 Å². The second-order valence-corrected chi connectivity index (χ2v) is 9.50. The summed E-state index contributed by atoms with van der Waals surface area (Å²) in [5.74, 6) is 1.13. The number of nitrogens with zero attached hydrogens (tertiary/aromatic N) is 1. The maximum atomic E-state index is 12.9. The number of amides is 2. The fourth-order valence-corrected chi connectivity index (χ4v) is 4.82. The molecule has 36 heavy (non-hydrogen) atoms. The van der Waals surface area contributed by atoms with Crippen molar-refractivity contribution < 1.29 is 19.1 Å². The van der Waals surface area contributed by atoms with Gasteiger partial charge in [-0.3, -0.25) is 14.5 Å². The van der Waals surface area contributed by atoms with Gasteiger partial charge in [0.05, 0.1) is 11.4 Å². The number of rotatable bonds is 8. The molecule has 5 nitrogen and oxygen atoms in total. The molecule has 0 spiro atoms. The van der Waals surface area contributed by atoms with Gasteiger partial charge >= 0.3 is 0 Å². The summed E-state index contributed by atoms with van der Waals surface area (Å²) in [6.07, 6.45) is 1.73. The fourth-order valence-electron chi connectivity index (χ4n) is 3.96. The Kier molecular flexibility index (Phi) is 7.05. The molecule has 0 saturated carbocycles. The minimum atomic E-state index is -0.308. The lowest BCUT2D eigenvalue weighted by atomic mass is 10.1. The van der Waals surface area contributed by atoms with Crippen molar-refractivity contribution in [3.05, 3.63) is 113 Å². The van der Waals surface area contributed by atoms with E-state index in [9.17, 15) is 9.59 Å². The maximum Gasteiger partial charge on any atom is 0.293 e. The van der Waals surface area contributed by atoms with Crippen LogP contribution in [0.2, 0.25) is 0 Å². The number of carbonyl (C=O) groups excluding carboxylic acids is 2. The van der Waals surface area contributed by atoms with E-state index in [-0.39, 0.29) is 24.3 Å². The van der Waals surface area contributed by atoms with Crippen molar-refractivity contribution in [3.63, 3.8) is 0 Å². The van der Waals surface area contributed by atoms with E-state index in [1.54, 1.807) is 6.08 Å². The summed E-state index contributed by atoms with van der Waals surface area (Å²) in [4.78, 5) is 27.1. The number of benzene rings is 4. The molecule has 180 valence electrons. The number of carbonyl (C=O) groups is 2. The highest BCUT2D eigenvalue weighted by atomic mass is 32.2. The molecule has 4 aromatic rings. The molecule has 0 aromatic heterocycles. The number of ether oxygens (including phenoxy) is 2. The minimum Gasteiger partial charge on any atom is -0.491 e. The van der Waals surface area contributed by atoms with E-state index >= 15 is 0 Å². The van der Waals surface area contributed by atoms with Gasteiger partial charge < -0.3 is 9.47 Å². The number of hydrogen-bond acceptors (Lipinski definition) is 5. The Bertz CT molecular complexity index is 1440. The van der Waals surface area contributed by atoms with Crippen LogP contribution < -0.4 is 9.47 Å². The fraction of sp³-hybridized carbons (Fsp3) is 0.133. The zero-order valence-electron chi connectivity index (χ0n) is 19.8. The Balaban J connectivity index is 1.21. The second kappa shape index (κ2) is 10.7. The predicted molar refractivity (Wildman–Crippen MR) is 144 cm³/mol. The molecule has 1 aliphatic rings. The van der Waals surface area contributed by atoms with Crippen molar-refractivity contribution in [1.82, 2.24) is 4.90 Å². The summed E-state index contributed by atoms with van der Waals surface area (Å²) < 4.78 is 11.8. The summed E-state index contributed by atoms with van der Waals surface area (Å²) in [6.45, 7) is 2.91. The van der Waals surface area contributed by atoms with Gasteiger partial charge in [0.15, 0.2) is 0 Å². The molecule has 1 saturated heterocycles. The second-order valence-electron chi connectivity index (χ2n) is 8.51. The lowest BCUT2D eigenvalue weighted by Gasteiger charge is -2.14. The zero-order chi connectivity index (χ0) is 24.9. The molecule has 0 bridgehead atoms. The van der Waals surface area contributed by atoms with E-state index in [2.05, 4.69) is 12.1 Å².